The Hall–Kier alpha value is -2.58. The Morgan fingerprint density at radius 2 is 1.79 bits per heavy atom. The smallest absolute Gasteiger partial charge is 0.410 e. The van der Waals surface area contributed by atoms with E-state index in [0.717, 1.165) is 5.56 Å². The molecule has 8 nitrogen and oxygen atoms in total. The molecule has 0 bridgehead atoms. The first-order valence-electron chi connectivity index (χ1n) is 11.0. The van der Waals surface area contributed by atoms with Crippen molar-refractivity contribution in [2.45, 2.75) is 66.3 Å². The molecule has 180 valence electrons. The fourth-order valence-electron chi connectivity index (χ4n) is 3.61. The van der Waals surface area contributed by atoms with E-state index in [2.05, 4.69) is 10.3 Å². The minimum atomic E-state index is -0.621. The van der Waals surface area contributed by atoms with Crippen molar-refractivity contribution in [2.24, 2.45) is 5.41 Å². The van der Waals surface area contributed by atoms with Crippen LogP contribution in [0.25, 0.3) is 11.4 Å². The highest BCUT2D eigenvalue weighted by molar-refractivity contribution is 6.30. The summed E-state index contributed by atoms with van der Waals surface area (Å²) >= 11 is 6.05. The Morgan fingerprint density at radius 1 is 1.15 bits per heavy atom. The molecule has 0 unspecified atom stereocenters. The highest BCUT2D eigenvalue weighted by Crippen LogP contribution is 2.29. The monoisotopic (exact) mass is 476 g/mol. The Balaban J connectivity index is 2.00. The first kappa shape index (κ1) is 25.1. The summed E-state index contributed by atoms with van der Waals surface area (Å²) in [5.41, 5.74) is 0.715. The van der Waals surface area contributed by atoms with E-state index in [9.17, 15) is 14.7 Å². The summed E-state index contributed by atoms with van der Waals surface area (Å²) in [5, 5.41) is 13.3. The lowest BCUT2D eigenvalue weighted by Crippen LogP contribution is -2.47. The molecule has 0 radical (unpaired) electrons. The number of imidazole rings is 1. The van der Waals surface area contributed by atoms with Gasteiger partial charge in [0.15, 0.2) is 5.69 Å². The molecule has 9 heteroatoms. The molecular formula is C24H33ClN4O4. The van der Waals surface area contributed by atoms with Crippen molar-refractivity contribution in [3.05, 3.63) is 40.7 Å². The number of aliphatic hydroxyl groups is 1. The van der Waals surface area contributed by atoms with Gasteiger partial charge < -0.3 is 24.6 Å². The van der Waals surface area contributed by atoms with Gasteiger partial charge in [0.2, 0.25) is 0 Å². The lowest BCUT2D eigenvalue weighted by Gasteiger charge is -2.32. The van der Waals surface area contributed by atoms with Crippen molar-refractivity contribution in [3.63, 3.8) is 0 Å². The number of aromatic nitrogens is 2. The zero-order valence-corrected chi connectivity index (χ0v) is 20.9. The van der Waals surface area contributed by atoms with E-state index in [1.807, 2.05) is 58.2 Å². The van der Waals surface area contributed by atoms with E-state index in [1.54, 1.807) is 17.0 Å². The van der Waals surface area contributed by atoms with Gasteiger partial charge in [-0.2, -0.15) is 0 Å². The molecule has 1 aliphatic rings. The van der Waals surface area contributed by atoms with Gasteiger partial charge in [-0.25, -0.2) is 9.78 Å². The van der Waals surface area contributed by atoms with Gasteiger partial charge in [0.1, 0.15) is 11.4 Å². The first-order valence-corrected chi connectivity index (χ1v) is 11.4. The molecule has 2 aromatic rings. The highest BCUT2D eigenvalue weighted by atomic mass is 35.5. The number of halogens is 1. The molecule has 0 saturated heterocycles. The van der Waals surface area contributed by atoms with Crippen LogP contribution in [0.5, 0.6) is 0 Å². The van der Waals surface area contributed by atoms with E-state index in [0.29, 0.717) is 29.6 Å². The molecular weight excluding hydrogens is 444 g/mol. The van der Waals surface area contributed by atoms with Crippen LogP contribution in [0.15, 0.2) is 24.3 Å². The maximum absolute atomic E-state index is 13.3. The lowest BCUT2D eigenvalue weighted by molar-refractivity contribution is 0.0198. The first-order chi connectivity index (χ1) is 15.3. The van der Waals surface area contributed by atoms with Crippen LogP contribution in [0, 0.1) is 5.41 Å². The van der Waals surface area contributed by atoms with Crippen LogP contribution >= 0.6 is 11.6 Å². The normalized spacial score (nSPS) is 15.1. The number of nitrogens with one attached hydrogen (secondary N) is 1. The topological polar surface area (TPSA) is 96.7 Å². The summed E-state index contributed by atoms with van der Waals surface area (Å²) in [6.07, 6.45) is -0.433. The highest BCUT2D eigenvalue weighted by Gasteiger charge is 2.34. The zero-order chi connectivity index (χ0) is 24.6. The number of hydrogen-bond acceptors (Lipinski definition) is 5. The number of rotatable bonds is 4. The van der Waals surface area contributed by atoms with Crippen molar-refractivity contribution in [2.75, 3.05) is 13.2 Å². The van der Waals surface area contributed by atoms with E-state index in [1.165, 1.54) is 0 Å². The van der Waals surface area contributed by atoms with Crippen LogP contribution < -0.4 is 5.32 Å². The molecule has 0 spiro atoms. The Bertz CT molecular complexity index is 1020. The number of nitrogens with zero attached hydrogens (tertiary/aromatic N) is 3. The predicted molar refractivity (Wildman–Crippen MR) is 127 cm³/mol. The number of carbonyl (C=O) groups excluding carboxylic acids is 2. The van der Waals surface area contributed by atoms with Gasteiger partial charge in [-0.05, 0) is 50.5 Å². The third kappa shape index (κ3) is 5.86. The van der Waals surface area contributed by atoms with Gasteiger partial charge in [-0.3, -0.25) is 4.79 Å². The van der Waals surface area contributed by atoms with Crippen LogP contribution in [0.2, 0.25) is 5.02 Å². The van der Waals surface area contributed by atoms with Gasteiger partial charge >= 0.3 is 6.09 Å². The van der Waals surface area contributed by atoms with Gasteiger partial charge in [0, 0.05) is 23.7 Å². The summed E-state index contributed by atoms with van der Waals surface area (Å²) in [6.45, 7) is 12.2. The van der Waals surface area contributed by atoms with E-state index < -0.39 is 17.7 Å². The second-order valence-corrected chi connectivity index (χ2v) is 10.8. The van der Waals surface area contributed by atoms with Crippen LogP contribution in [0.4, 0.5) is 4.79 Å². The summed E-state index contributed by atoms with van der Waals surface area (Å²) in [5.74, 6) is 0.242. The lowest BCUT2D eigenvalue weighted by atomic mass is 9.87. The van der Waals surface area contributed by atoms with Gasteiger partial charge in [0.25, 0.3) is 5.91 Å². The third-order valence-corrected chi connectivity index (χ3v) is 5.76. The van der Waals surface area contributed by atoms with Crippen molar-refractivity contribution >= 4 is 23.6 Å². The van der Waals surface area contributed by atoms with Crippen molar-refractivity contribution in [1.29, 1.82) is 0 Å². The number of carbonyl (C=O) groups is 2. The minimum Gasteiger partial charge on any atom is -0.444 e. The molecule has 1 aromatic carbocycles. The van der Waals surface area contributed by atoms with Crippen LogP contribution in [0.1, 0.15) is 57.7 Å². The molecule has 2 heterocycles. The van der Waals surface area contributed by atoms with Crippen LogP contribution in [-0.4, -0.2) is 56.4 Å². The Kier molecular flexibility index (Phi) is 7.10. The fourth-order valence-corrected chi connectivity index (χ4v) is 3.74. The second-order valence-electron chi connectivity index (χ2n) is 10.4. The zero-order valence-electron chi connectivity index (χ0n) is 20.1. The summed E-state index contributed by atoms with van der Waals surface area (Å²) in [7, 11) is 0. The third-order valence-electron chi connectivity index (χ3n) is 5.51. The minimum absolute atomic E-state index is 0.192. The summed E-state index contributed by atoms with van der Waals surface area (Å²) in [6, 6.07) is 6.80. The van der Waals surface area contributed by atoms with Crippen LogP contribution in [0.3, 0.4) is 0 Å². The molecule has 0 aliphatic carbocycles. The van der Waals surface area contributed by atoms with Gasteiger partial charge in [0.05, 0.1) is 24.9 Å². The largest absolute Gasteiger partial charge is 0.444 e. The van der Waals surface area contributed by atoms with E-state index in [4.69, 9.17) is 16.3 Å². The predicted octanol–water partition coefficient (Wildman–Crippen LogP) is 4.09. The van der Waals surface area contributed by atoms with Crippen molar-refractivity contribution in [3.8, 4) is 11.4 Å². The number of benzene rings is 1. The van der Waals surface area contributed by atoms with Crippen molar-refractivity contribution < 1.29 is 19.4 Å². The molecule has 3 rings (SSSR count). The number of ether oxygens (including phenoxy) is 1. The maximum atomic E-state index is 13.3. The maximum Gasteiger partial charge on any atom is 0.410 e. The molecule has 33 heavy (non-hydrogen) atoms. The number of hydrogen-bond donors (Lipinski definition) is 2. The molecule has 0 fully saturated rings. The van der Waals surface area contributed by atoms with Gasteiger partial charge in [-0.15, -0.1) is 0 Å². The summed E-state index contributed by atoms with van der Waals surface area (Å²) in [4.78, 5) is 32.2. The second kappa shape index (κ2) is 9.35. The average molecular weight is 477 g/mol. The SMILES string of the molecule is CC(C)(C)OC(=O)N1CCn2c(-c3ccc(Cl)cc3)nc(C(=O)N[C@H](CO)C(C)(C)C)c2C1. The van der Waals surface area contributed by atoms with E-state index >= 15 is 0 Å². The molecule has 2 amide bonds. The van der Waals surface area contributed by atoms with E-state index in [-0.39, 0.29) is 30.2 Å². The molecule has 0 saturated carbocycles. The van der Waals surface area contributed by atoms with Crippen LogP contribution in [-0.2, 0) is 17.8 Å². The molecule has 1 aliphatic heterocycles. The quantitative estimate of drug-likeness (QED) is 0.692. The fraction of sp³-hybridized carbons (Fsp3) is 0.542. The molecule has 1 atom stereocenters. The molecule has 1 aromatic heterocycles. The number of aliphatic hydroxyl groups excluding tert-OH is 1. The number of amides is 2. The van der Waals surface area contributed by atoms with Gasteiger partial charge in [-0.1, -0.05) is 32.4 Å². The average Bonchev–Trinajstić information content (AvgIpc) is 3.09. The number of fused-ring (bicyclic) bond motifs is 1. The standard InChI is InChI=1S/C24H33ClN4O4/c1-23(2,3)18(14-30)26-21(31)19-17-13-28(22(32)33-24(4,5)6)11-12-29(17)20(27-19)15-7-9-16(25)10-8-15/h7-10,18,30H,11-14H2,1-6H3,(H,26,31)/t18-/m1/s1. The summed E-state index contributed by atoms with van der Waals surface area (Å²) < 4.78 is 7.50. The Labute approximate surface area is 199 Å². The molecule has 2 N–H and O–H groups in total. The Morgan fingerprint density at radius 3 is 2.33 bits per heavy atom. The van der Waals surface area contributed by atoms with Crippen molar-refractivity contribution in [1.82, 2.24) is 19.8 Å².